The number of H-pyrrole nitrogens is 1. The van der Waals surface area contributed by atoms with E-state index < -0.39 is 0 Å². The minimum atomic E-state index is -0.203. The summed E-state index contributed by atoms with van der Waals surface area (Å²) in [6.07, 6.45) is 4.14. The molecule has 3 rings (SSSR count). The van der Waals surface area contributed by atoms with Gasteiger partial charge in [0, 0.05) is 29.1 Å². The third-order valence-corrected chi connectivity index (χ3v) is 4.55. The average molecular weight is 261 g/mol. The minimum Gasteiger partial charge on any atom is -0.361 e. The number of piperidine rings is 1. The Morgan fingerprint density at radius 2 is 2.11 bits per heavy atom. The second-order valence-electron chi connectivity index (χ2n) is 5.68. The van der Waals surface area contributed by atoms with Gasteiger partial charge in [0.25, 0.3) is 0 Å². The van der Waals surface area contributed by atoms with Crippen LogP contribution >= 0.6 is 0 Å². The molecule has 1 aliphatic rings. The van der Waals surface area contributed by atoms with Crippen LogP contribution in [0.1, 0.15) is 18.4 Å². The fourth-order valence-corrected chi connectivity index (χ4v) is 3.17. The first-order chi connectivity index (χ1) is 9.14. The van der Waals surface area contributed by atoms with Crippen molar-refractivity contribution in [2.75, 3.05) is 26.7 Å². The second kappa shape index (κ2) is 4.62. The van der Waals surface area contributed by atoms with Crippen LogP contribution in [0.4, 0.5) is 4.39 Å². The first-order valence-corrected chi connectivity index (χ1v) is 6.80. The van der Waals surface area contributed by atoms with E-state index in [2.05, 4.69) is 16.9 Å². The maximum atomic E-state index is 13.3. The molecule has 0 amide bonds. The number of nitrogens with two attached hydrogens (primary N) is 1. The van der Waals surface area contributed by atoms with E-state index in [9.17, 15) is 4.39 Å². The Labute approximate surface area is 112 Å². The number of rotatable bonds is 2. The number of fused-ring (bicyclic) bond motifs is 1. The lowest BCUT2D eigenvalue weighted by Gasteiger charge is -2.40. The van der Waals surface area contributed by atoms with Gasteiger partial charge in [0.15, 0.2) is 0 Å². The van der Waals surface area contributed by atoms with Gasteiger partial charge in [0.2, 0.25) is 0 Å². The predicted molar refractivity (Wildman–Crippen MR) is 75.7 cm³/mol. The molecule has 0 unspecified atom stereocenters. The van der Waals surface area contributed by atoms with Crippen LogP contribution in [0, 0.1) is 5.82 Å². The van der Waals surface area contributed by atoms with E-state index in [1.54, 1.807) is 6.07 Å². The summed E-state index contributed by atoms with van der Waals surface area (Å²) in [4.78, 5) is 5.52. The van der Waals surface area contributed by atoms with Crippen LogP contribution in [0.3, 0.4) is 0 Å². The van der Waals surface area contributed by atoms with Gasteiger partial charge in [-0.2, -0.15) is 0 Å². The summed E-state index contributed by atoms with van der Waals surface area (Å²) < 4.78 is 13.3. The molecule has 4 heteroatoms. The molecule has 1 aliphatic heterocycles. The topological polar surface area (TPSA) is 45.0 Å². The van der Waals surface area contributed by atoms with Crippen molar-refractivity contribution in [2.24, 2.45) is 5.73 Å². The van der Waals surface area contributed by atoms with Gasteiger partial charge in [-0.15, -0.1) is 0 Å². The second-order valence-corrected chi connectivity index (χ2v) is 5.68. The summed E-state index contributed by atoms with van der Waals surface area (Å²) >= 11 is 0. The molecule has 0 atom stereocenters. The van der Waals surface area contributed by atoms with Crippen molar-refractivity contribution < 1.29 is 4.39 Å². The molecule has 0 spiro atoms. The van der Waals surface area contributed by atoms with E-state index in [0.29, 0.717) is 6.54 Å². The molecule has 19 heavy (non-hydrogen) atoms. The van der Waals surface area contributed by atoms with Gasteiger partial charge in [-0.3, -0.25) is 0 Å². The van der Waals surface area contributed by atoms with E-state index in [-0.39, 0.29) is 11.2 Å². The van der Waals surface area contributed by atoms with Crippen molar-refractivity contribution in [3.63, 3.8) is 0 Å². The number of hydrogen-bond acceptors (Lipinski definition) is 2. The van der Waals surface area contributed by atoms with Crippen LogP contribution in [0.15, 0.2) is 24.4 Å². The van der Waals surface area contributed by atoms with Crippen LogP contribution in [-0.4, -0.2) is 36.6 Å². The fourth-order valence-electron chi connectivity index (χ4n) is 3.17. The molecule has 1 fully saturated rings. The monoisotopic (exact) mass is 261 g/mol. The van der Waals surface area contributed by atoms with E-state index in [4.69, 9.17) is 5.73 Å². The van der Waals surface area contributed by atoms with Crippen LogP contribution in [-0.2, 0) is 5.41 Å². The zero-order valence-electron chi connectivity index (χ0n) is 11.2. The molecule has 0 radical (unpaired) electrons. The zero-order chi connectivity index (χ0) is 13.5. The molecule has 1 saturated heterocycles. The average Bonchev–Trinajstić information content (AvgIpc) is 2.83. The number of aromatic nitrogens is 1. The van der Waals surface area contributed by atoms with Gasteiger partial charge in [0.05, 0.1) is 0 Å². The Kier molecular flexibility index (Phi) is 3.07. The first-order valence-electron chi connectivity index (χ1n) is 6.80. The van der Waals surface area contributed by atoms with Crippen LogP contribution in [0.2, 0.25) is 0 Å². The van der Waals surface area contributed by atoms with Crippen molar-refractivity contribution in [1.29, 1.82) is 0 Å². The summed E-state index contributed by atoms with van der Waals surface area (Å²) in [5.41, 5.74) is 8.23. The maximum absolute atomic E-state index is 13.3. The molecule has 0 aliphatic carbocycles. The number of hydrogen-bond donors (Lipinski definition) is 2. The molecule has 0 bridgehead atoms. The van der Waals surface area contributed by atoms with Crippen molar-refractivity contribution in [1.82, 2.24) is 9.88 Å². The summed E-state index contributed by atoms with van der Waals surface area (Å²) in [6.45, 7) is 2.77. The fraction of sp³-hybridized carbons (Fsp3) is 0.467. The van der Waals surface area contributed by atoms with E-state index in [0.717, 1.165) is 36.8 Å². The van der Waals surface area contributed by atoms with E-state index >= 15 is 0 Å². The highest BCUT2D eigenvalue weighted by Gasteiger charge is 2.35. The molecule has 0 saturated carbocycles. The van der Waals surface area contributed by atoms with Gasteiger partial charge in [0.1, 0.15) is 5.82 Å². The number of nitrogens with zero attached hydrogens (tertiary/aromatic N) is 1. The van der Waals surface area contributed by atoms with Crippen molar-refractivity contribution >= 4 is 10.9 Å². The van der Waals surface area contributed by atoms with Crippen molar-refractivity contribution in [3.8, 4) is 0 Å². The Morgan fingerprint density at radius 1 is 1.37 bits per heavy atom. The molecule has 2 heterocycles. The van der Waals surface area contributed by atoms with Crippen LogP contribution < -0.4 is 5.73 Å². The van der Waals surface area contributed by atoms with E-state index in [1.165, 1.54) is 11.6 Å². The molecular weight excluding hydrogens is 241 g/mol. The van der Waals surface area contributed by atoms with Crippen molar-refractivity contribution in [3.05, 3.63) is 35.8 Å². The van der Waals surface area contributed by atoms with Gasteiger partial charge in [-0.05, 0) is 56.7 Å². The smallest absolute Gasteiger partial charge is 0.125 e. The number of halogens is 1. The van der Waals surface area contributed by atoms with E-state index in [1.807, 2.05) is 12.3 Å². The molecular formula is C15H20FN3. The number of benzene rings is 1. The van der Waals surface area contributed by atoms with Gasteiger partial charge >= 0.3 is 0 Å². The molecule has 1 aromatic heterocycles. The Morgan fingerprint density at radius 3 is 2.79 bits per heavy atom. The third-order valence-electron chi connectivity index (χ3n) is 4.55. The summed E-state index contributed by atoms with van der Waals surface area (Å²) in [6, 6.07) is 4.95. The normalized spacial score (nSPS) is 19.9. The van der Waals surface area contributed by atoms with Crippen molar-refractivity contribution in [2.45, 2.75) is 18.3 Å². The Balaban J connectivity index is 2.06. The Hall–Kier alpha value is -1.39. The molecule has 2 aromatic rings. The lowest BCUT2D eigenvalue weighted by Crippen LogP contribution is -2.45. The minimum absolute atomic E-state index is 0.0303. The number of aromatic amines is 1. The molecule has 1 aromatic carbocycles. The van der Waals surface area contributed by atoms with Gasteiger partial charge in [-0.1, -0.05) is 0 Å². The molecule has 3 nitrogen and oxygen atoms in total. The lowest BCUT2D eigenvalue weighted by atomic mass is 9.73. The van der Waals surface area contributed by atoms with Gasteiger partial charge < -0.3 is 15.6 Å². The third kappa shape index (κ3) is 2.05. The standard InChI is InChI=1S/C15H20FN3/c1-19-6-4-15(10-17,5-7-19)13-9-18-14-8-11(16)2-3-12(13)14/h2-3,8-9,18H,4-7,10,17H2,1H3. The van der Waals surface area contributed by atoms with Crippen LogP contribution in [0.5, 0.6) is 0 Å². The quantitative estimate of drug-likeness (QED) is 0.870. The highest BCUT2D eigenvalue weighted by molar-refractivity contribution is 5.84. The predicted octanol–water partition coefficient (Wildman–Crippen LogP) is 2.23. The molecule has 3 N–H and O–H groups in total. The maximum Gasteiger partial charge on any atom is 0.125 e. The Bertz CT molecular complexity index is 582. The molecule has 102 valence electrons. The first kappa shape index (κ1) is 12.6. The summed E-state index contributed by atoms with van der Waals surface area (Å²) in [5, 5.41) is 1.11. The zero-order valence-corrected chi connectivity index (χ0v) is 11.2. The number of nitrogens with one attached hydrogen (secondary N) is 1. The summed E-state index contributed by atoms with van der Waals surface area (Å²) in [5.74, 6) is -0.203. The van der Waals surface area contributed by atoms with Crippen LogP contribution in [0.25, 0.3) is 10.9 Å². The summed E-state index contributed by atoms with van der Waals surface area (Å²) in [7, 11) is 2.14. The highest BCUT2D eigenvalue weighted by Crippen LogP contribution is 2.38. The van der Waals surface area contributed by atoms with Gasteiger partial charge in [-0.25, -0.2) is 4.39 Å². The number of likely N-dealkylation sites (tertiary alicyclic amines) is 1. The lowest BCUT2D eigenvalue weighted by molar-refractivity contribution is 0.193. The highest BCUT2D eigenvalue weighted by atomic mass is 19.1. The largest absolute Gasteiger partial charge is 0.361 e. The SMILES string of the molecule is CN1CCC(CN)(c2c[nH]c3cc(F)ccc23)CC1.